The molecule has 3 rings (SSSR count). The van der Waals surface area contributed by atoms with Crippen LogP contribution < -0.4 is 5.32 Å². The van der Waals surface area contributed by atoms with Crippen LogP contribution in [0.1, 0.15) is 17.0 Å². The van der Waals surface area contributed by atoms with E-state index in [0.29, 0.717) is 18.3 Å². The van der Waals surface area contributed by atoms with Gasteiger partial charge in [-0.3, -0.25) is 9.78 Å². The van der Waals surface area contributed by atoms with Crippen LogP contribution in [-0.4, -0.2) is 21.1 Å². The highest BCUT2D eigenvalue weighted by molar-refractivity contribution is 5.77. The third kappa shape index (κ3) is 4.00. The summed E-state index contributed by atoms with van der Waals surface area (Å²) in [5.74, 6) is 0.539. The monoisotopic (exact) mass is 308 g/mol. The van der Waals surface area contributed by atoms with E-state index in [1.54, 1.807) is 12.4 Å². The fraction of sp³-hybridized carbons (Fsp3) is 0.176. The molecule has 0 bridgehead atoms. The molecule has 1 amide bonds. The number of nitrogens with zero attached hydrogens (tertiary/aromatic N) is 3. The van der Waals surface area contributed by atoms with Crippen molar-refractivity contribution in [2.45, 2.75) is 19.9 Å². The number of aromatic nitrogens is 3. The second-order valence-corrected chi connectivity index (χ2v) is 5.18. The van der Waals surface area contributed by atoms with Crippen molar-refractivity contribution in [2.75, 3.05) is 0 Å². The number of amides is 1. The van der Waals surface area contributed by atoms with Crippen LogP contribution in [0.25, 0.3) is 11.5 Å². The van der Waals surface area contributed by atoms with Crippen LogP contribution in [0.2, 0.25) is 0 Å². The first-order chi connectivity index (χ1) is 11.2. The van der Waals surface area contributed by atoms with E-state index in [0.717, 1.165) is 16.7 Å². The largest absolute Gasteiger partial charge is 0.420 e. The van der Waals surface area contributed by atoms with Gasteiger partial charge in [-0.15, -0.1) is 10.2 Å². The van der Waals surface area contributed by atoms with E-state index in [-0.39, 0.29) is 12.3 Å². The molecule has 0 radical (unpaired) electrons. The Labute approximate surface area is 133 Å². The lowest BCUT2D eigenvalue weighted by Gasteiger charge is -2.02. The molecule has 23 heavy (non-hydrogen) atoms. The molecule has 0 unspecified atom stereocenters. The molecule has 0 aliphatic rings. The van der Waals surface area contributed by atoms with E-state index in [2.05, 4.69) is 20.5 Å². The molecule has 0 saturated heterocycles. The molecule has 2 aromatic heterocycles. The highest BCUT2D eigenvalue weighted by atomic mass is 16.4. The maximum Gasteiger partial charge on any atom is 0.247 e. The quantitative estimate of drug-likeness (QED) is 0.782. The van der Waals surface area contributed by atoms with Gasteiger partial charge in [-0.1, -0.05) is 23.8 Å². The molecule has 0 fully saturated rings. The van der Waals surface area contributed by atoms with E-state index in [4.69, 9.17) is 4.42 Å². The molecule has 1 aromatic carbocycles. The maximum atomic E-state index is 11.9. The zero-order chi connectivity index (χ0) is 16.1. The van der Waals surface area contributed by atoms with Gasteiger partial charge in [-0.05, 0) is 30.7 Å². The number of hydrogen-bond acceptors (Lipinski definition) is 5. The van der Waals surface area contributed by atoms with Crippen molar-refractivity contribution in [3.63, 3.8) is 0 Å². The van der Waals surface area contributed by atoms with Gasteiger partial charge < -0.3 is 9.73 Å². The van der Waals surface area contributed by atoms with Gasteiger partial charge in [0.05, 0.1) is 0 Å². The Hall–Kier alpha value is -3.02. The number of aryl methyl sites for hydroxylation is 1. The number of carbonyl (C=O) groups excluding carboxylic acids is 1. The Morgan fingerprint density at radius 3 is 2.74 bits per heavy atom. The van der Waals surface area contributed by atoms with Crippen molar-refractivity contribution in [1.29, 1.82) is 0 Å². The zero-order valence-electron chi connectivity index (χ0n) is 12.7. The summed E-state index contributed by atoms with van der Waals surface area (Å²) in [5.41, 5.74) is 2.93. The fourth-order valence-corrected chi connectivity index (χ4v) is 2.04. The molecule has 0 saturated carbocycles. The summed E-state index contributed by atoms with van der Waals surface area (Å²) in [6.07, 6.45) is 3.46. The number of benzene rings is 1. The molecule has 6 nitrogen and oxygen atoms in total. The molecule has 0 spiro atoms. The minimum Gasteiger partial charge on any atom is -0.420 e. The minimum atomic E-state index is -0.173. The molecule has 6 heteroatoms. The first-order valence-electron chi connectivity index (χ1n) is 7.26. The van der Waals surface area contributed by atoms with Crippen molar-refractivity contribution < 1.29 is 9.21 Å². The van der Waals surface area contributed by atoms with Crippen LogP contribution in [0.4, 0.5) is 0 Å². The highest BCUT2D eigenvalue weighted by Gasteiger charge is 2.12. The van der Waals surface area contributed by atoms with Crippen LogP contribution in [0.5, 0.6) is 0 Å². The highest BCUT2D eigenvalue weighted by Crippen LogP contribution is 2.18. The van der Waals surface area contributed by atoms with Gasteiger partial charge in [0.2, 0.25) is 17.7 Å². The normalized spacial score (nSPS) is 10.5. The number of hydrogen-bond donors (Lipinski definition) is 1. The average molecular weight is 308 g/mol. The van der Waals surface area contributed by atoms with Gasteiger partial charge in [0, 0.05) is 24.5 Å². The van der Waals surface area contributed by atoms with Crippen LogP contribution in [0, 0.1) is 6.92 Å². The van der Waals surface area contributed by atoms with Crippen LogP contribution >= 0.6 is 0 Å². The molecular weight excluding hydrogens is 292 g/mol. The molecule has 116 valence electrons. The Kier molecular flexibility index (Phi) is 4.42. The molecule has 1 N–H and O–H groups in total. The lowest BCUT2D eigenvalue weighted by atomic mass is 10.1. The summed E-state index contributed by atoms with van der Waals surface area (Å²) in [6, 6.07) is 11.5. The Morgan fingerprint density at radius 2 is 2.00 bits per heavy atom. The third-order valence-corrected chi connectivity index (χ3v) is 3.29. The van der Waals surface area contributed by atoms with Crippen LogP contribution in [0.15, 0.2) is 53.2 Å². The van der Waals surface area contributed by atoms with Crippen molar-refractivity contribution in [3.8, 4) is 11.5 Å². The molecule has 0 aliphatic carbocycles. The molecule has 2 heterocycles. The van der Waals surface area contributed by atoms with Crippen molar-refractivity contribution in [3.05, 3.63) is 65.8 Å². The number of rotatable bonds is 5. The smallest absolute Gasteiger partial charge is 0.247 e. The summed E-state index contributed by atoms with van der Waals surface area (Å²) in [4.78, 5) is 15.9. The maximum absolute atomic E-state index is 11.9. The summed E-state index contributed by atoms with van der Waals surface area (Å²) >= 11 is 0. The third-order valence-electron chi connectivity index (χ3n) is 3.29. The van der Waals surface area contributed by atoms with Gasteiger partial charge in [0.1, 0.15) is 6.42 Å². The number of pyridine rings is 1. The SMILES string of the molecule is Cc1ccc(-c2nnc(CC(=O)NCc3cccnc3)o2)cc1. The molecule has 0 atom stereocenters. The summed E-state index contributed by atoms with van der Waals surface area (Å²) in [6.45, 7) is 2.43. The lowest BCUT2D eigenvalue weighted by Crippen LogP contribution is -2.24. The van der Waals surface area contributed by atoms with Gasteiger partial charge in [0.15, 0.2) is 0 Å². The molecular formula is C17H16N4O2. The number of nitrogens with one attached hydrogen (secondary N) is 1. The standard InChI is InChI=1S/C17H16N4O2/c1-12-4-6-14(7-5-12)17-21-20-16(23-17)9-15(22)19-11-13-3-2-8-18-10-13/h2-8,10H,9,11H2,1H3,(H,19,22). The number of carbonyl (C=O) groups is 1. The van der Waals surface area contributed by atoms with E-state index >= 15 is 0 Å². The first-order valence-corrected chi connectivity index (χ1v) is 7.26. The van der Waals surface area contributed by atoms with E-state index in [1.165, 1.54) is 0 Å². The van der Waals surface area contributed by atoms with Gasteiger partial charge in [-0.25, -0.2) is 0 Å². The van der Waals surface area contributed by atoms with Crippen LogP contribution in [0.3, 0.4) is 0 Å². The fourth-order valence-electron chi connectivity index (χ4n) is 2.04. The Morgan fingerprint density at radius 1 is 1.17 bits per heavy atom. The second kappa shape index (κ2) is 6.83. The Balaban J connectivity index is 1.58. The van der Waals surface area contributed by atoms with Gasteiger partial charge in [-0.2, -0.15) is 0 Å². The van der Waals surface area contributed by atoms with Crippen LogP contribution in [-0.2, 0) is 17.8 Å². The summed E-state index contributed by atoms with van der Waals surface area (Å²) in [5, 5.41) is 10.7. The first kappa shape index (κ1) is 14.9. The van der Waals surface area contributed by atoms with Crippen molar-refractivity contribution in [1.82, 2.24) is 20.5 Å². The predicted octanol–water partition coefficient (Wildman–Crippen LogP) is 2.30. The lowest BCUT2D eigenvalue weighted by molar-refractivity contribution is -0.120. The average Bonchev–Trinajstić information content (AvgIpc) is 3.03. The minimum absolute atomic E-state index is 0.0547. The summed E-state index contributed by atoms with van der Waals surface area (Å²) in [7, 11) is 0. The van der Waals surface area contributed by atoms with Gasteiger partial charge in [0.25, 0.3) is 0 Å². The van der Waals surface area contributed by atoms with E-state index in [1.807, 2.05) is 43.3 Å². The zero-order valence-corrected chi connectivity index (χ0v) is 12.7. The topological polar surface area (TPSA) is 80.9 Å². The van der Waals surface area contributed by atoms with Crippen molar-refractivity contribution >= 4 is 5.91 Å². The molecule has 0 aliphatic heterocycles. The predicted molar refractivity (Wildman–Crippen MR) is 84.3 cm³/mol. The molecule has 3 aromatic rings. The van der Waals surface area contributed by atoms with Gasteiger partial charge >= 0.3 is 0 Å². The van der Waals surface area contributed by atoms with Crippen molar-refractivity contribution in [2.24, 2.45) is 0 Å². The summed E-state index contributed by atoms with van der Waals surface area (Å²) < 4.78 is 5.54. The Bertz CT molecular complexity index is 782. The second-order valence-electron chi connectivity index (χ2n) is 5.18. The van der Waals surface area contributed by atoms with E-state index < -0.39 is 0 Å². The van der Waals surface area contributed by atoms with E-state index in [9.17, 15) is 4.79 Å².